The maximum absolute atomic E-state index is 12.1. The molecular formula is C27H34N2O7. The Kier molecular flexibility index (Phi) is 9.06. The summed E-state index contributed by atoms with van der Waals surface area (Å²) < 4.78 is 12.8. The third kappa shape index (κ3) is 6.89. The first-order valence-corrected chi connectivity index (χ1v) is 12.4. The molecule has 4 rings (SSSR count). The monoisotopic (exact) mass is 498 g/mol. The zero-order valence-corrected chi connectivity index (χ0v) is 20.2. The fraction of sp³-hybridized carbons (Fsp3) is 0.481. The first kappa shape index (κ1) is 26.2. The first-order valence-electron chi connectivity index (χ1n) is 12.4. The number of amides is 1. The summed E-state index contributed by atoms with van der Waals surface area (Å²) in [6, 6.07) is 15.0. The van der Waals surface area contributed by atoms with Gasteiger partial charge in [-0.3, -0.25) is 14.5 Å². The number of aliphatic hydroxyl groups is 2. The average molecular weight is 499 g/mol. The minimum Gasteiger partial charge on any atom is -0.481 e. The van der Waals surface area contributed by atoms with E-state index in [1.54, 1.807) is 18.2 Å². The Morgan fingerprint density at radius 3 is 2.56 bits per heavy atom. The summed E-state index contributed by atoms with van der Waals surface area (Å²) in [5, 5.41) is 30.7. The molecule has 4 atom stereocenters. The van der Waals surface area contributed by atoms with Crippen LogP contribution in [-0.4, -0.2) is 63.9 Å². The molecule has 0 spiro atoms. The van der Waals surface area contributed by atoms with Gasteiger partial charge in [-0.05, 0) is 42.6 Å². The van der Waals surface area contributed by atoms with E-state index in [1.807, 2.05) is 30.3 Å². The quantitative estimate of drug-likeness (QED) is 0.394. The third-order valence-corrected chi connectivity index (χ3v) is 6.77. The number of aliphatic carboxylic acids is 1. The number of carboxylic acids is 1. The van der Waals surface area contributed by atoms with Gasteiger partial charge in [0, 0.05) is 36.7 Å². The summed E-state index contributed by atoms with van der Waals surface area (Å²) in [5.41, 5.74) is 3.10. The van der Waals surface area contributed by atoms with Crippen molar-refractivity contribution in [3.05, 3.63) is 65.2 Å². The molecule has 0 saturated carbocycles. The third-order valence-electron chi connectivity index (χ3n) is 6.77. The van der Waals surface area contributed by atoms with Crippen molar-refractivity contribution in [2.75, 3.05) is 25.0 Å². The highest BCUT2D eigenvalue weighted by molar-refractivity contribution is 5.92. The predicted octanol–water partition coefficient (Wildman–Crippen LogP) is 2.98. The van der Waals surface area contributed by atoms with Crippen LogP contribution in [0.4, 0.5) is 5.69 Å². The van der Waals surface area contributed by atoms with Crippen molar-refractivity contribution in [2.45, 2.75) is 63.3 Å². The Balaban J connectivity index is 1.52. The second-order valence-electron chi connectivity index (χ2n) is 9.39. The Morgan fingerprint density at radius 2 is 1.83 bits per heavy atom. The molecule has 2 aromatic carbocycles. The molecule has 2 saturated heterocycles. The van der Waals surface area contributed by atoms with Crippen molar-refractivity contribution in [2.24, 2.45) is 0 Å². The van der Waals surface area contributed by atoms with E-state index >= 15 is 0 Å². The number of carbonyl (C=O) groups is 2. The molecule has 9 heteroatoms. The second kappa shape index (κ2) is 12.4. The second-order valence-corrected chi connectivity index (χ2v) is 9.39. The molecule has 36 heavy (non-hydrogen) atoms. The van der Waals surface area contributed by atoms with Gasteiger partial charge >= 0.3 is 5.97 Å². The first-order chi connectivity index (χ1) is 17.4. The number of aliphatic hydroxyl groups excluding tert-OH is 2. The van der Waals surface area contributed by atoms with Crippen molar-refractivity contribution < 1.29 is 34.4 Å². The number of hydrogen-bond donors (Lipinski definition) is 4. The van der Waals surface area contributed by atoms with Gasteiger partial charge in [-0.15, -0.1) is 0 Å². The maximum atomic E-state index is 12.1. The lowest BCUT2D eigenvalue weighted by atomic mass is 9.99. The fourth-order valence-corrected chi connectivity index (χ4v) is 4.84. The van der Waals surface area contributed by atoms with E-state index in [0.717, 1.165) is 36.1 Å². The standard InChI is InChI=1S/C27H34N2O7/c30-16-18-6-8-19(9-7-18)24-14-23(15-29-12-2-5-22(29)17-31)35-27(36-24)20-3-1-4-21(13-20)28-25(32)10-11-26(33)34/h1,3-4,6-9,13,22-24,27,30-31H,2,5,10-12,14-17H2,(H,28,32)(H,33,34)/t22-,23-,24+,27+/m0/s1. The molecule has 194 valence electrons. The van der Waals surface area contributed by atoms with Crippen LogP contribution >= 0.6 is 0 Å². The lowest BCUT2D eigenvalue weighted by molar-refractivity contribution is -0.253. The van der Waals surface area contributed by atoms with Crippen molar-refractivity contribution >= 4 is 17.6 Å². The van der Waals surface area contributed by atoms with Crippen LogP contribution in [0, 0.1) is 0 Å². The molecule has 0 aliphatic carbocycles. The van der Waals surface area contributed by atoms with Gasteiger partial charge in [0.2, 0.25) is 5.91 Å². The van der Waals surface area contributed by atoms with Crippen LogP contribution in [0.3, 0.4) is 0 Å². The number of nitrogens with one attached hydrogen (secondary N) is 1. The molecule has 0 aromatic heterocycles. The van der Waals surface area contributed by atoms with Gasteiger partial charge in [-0.2, -0.15) is 0 Å². The topological polar surface area (TPSA) is 129 Å². The number of likely N-dealkylation sites (tertiary alicyclic amines) is 1. The molecule has 9 nitrogen and oxygen atoms in total. The number of rotatable bonds is 10. The Hall–Kier alpha value is -2.82. The van der Waals surface area contributed by atoms with Gasteiger partial charge in [0.05, 0.1) is 31.8 Å². The van der Waals surface area contributed by atoms with Crippen LogP contribution in [0.1, 0.15) is 61.2 Å². The SMILES string of the molecule is O=C(O)CCC(=O)Nc1cccc([C@@H]2O[C@H](CN3CCC[C@H]3CO)C[C@H](c3ccc(CO)cc3)O2)c1. The van der Waals surface area contributed by atoms with Crippen molar-refractivity contribution in [3.8, 4) is 0 Å². The number of anilines is 1. The van der Waals surface area contributed by atoms with Crippen molar-refractivity contribution in [1.82, 2.24) is 4.90 Å². The number of nitrogens with zero attached hydrogens (tertiary/aromatic N) is 1. The minimum absolute atomic E-state index is 0.0251. The highest BCUT2D eigenvalue weighted by Gasteiger charge is 2.35. The number of hydrogen-bond acceptors (Lipinski definition) is 7. The molecule has 2 aliphatic heterocycles. The zero-order chi connectivity index (χ0) is 25.5. The van der Waals surface area contributed by atoms with Gasteiger partial charge in [-0.25, -0.2) is 0 Å². The summed E-state index contributed by atoms with van der Waals surface area (Å²) in [5.74, 6) is -1.39. The van der Waals surface area contributed by atoms with Gasteiger partial charge in [0.1, 0.15) is 0 Å². The number of ether oxygens (including phenoxy) is 2. The van der Waals surface area contributed by atoms with E-state index in [9.17, 15) is 19.8 Å². The summed E-state index contributed by atoms with van der Waals surface area (Å²) >= 11 is 0. The molecule has 0 unspecified atom stereocenters. The van der Waals surface area contributed by atoms with E-state index in [4.69, 9.17) is 14.6 Å². The molecule has 0 radical (unpaired) electrons. The molecule has 2 aromatic rings. The minimum atomic E-state index is -1.02. The van der Waals surface area contributed by atoms with Gasteiger partial charge in [0.15, 0.2) is 6.29 Å². The number of carbonyl (C=O) groups excluding carboxylic acids is 1. The summed E-state index contributed by atoms with van der Waals surface area (Å²) in [6.45, 7) is 1.71. The summed E-state index contributed by atoms with van der Waals surface area (Å²) in [4.78, 5) is 25.1. The van der Waals surface area contributed by atoms with E-state index in [1.165, 1.54) is 0 Å². The van der Waals surface area contributed by atoms with Crippen LogP contribution in [-0.2, 0) is 25.7 Å². The lowest BCUT2D eigenvalue weighted by Crippen LogP contribution is -2.42. The summed E-state index contributed by atoms with van der Waals surface area (Å²) in [6.07, 6.45) is 1.30. The predicted molar refractivity (Wildman–Crippen MR) is 132 cm³/mol. The van der Waals surface area contributed by atoms with E-state index < -0.39 is 12.3 Å². The number of benzene rings is 2. The lowest BCUT2D eigenvalue weighted by Gasteiger charge is -2.38. The maximum Gasteiger partial charge on any atom is 0.303 e. The smallest absolute Gasteiger partial charge is 0.303 e. The Labute approximate surface area is 210 Å². The highest BCUT2D eigenvalue weighted by atomic mass is 16.7. The van der Waals surface area contributed by atoms with Crippen LogP contribution in [0.15, 0.2) is 48.5 Å². The van der Waals surface area contributed by atoms with E-state index in [0.29, 0.717) is 18.7 Å². The fourth-order valence-electron chi connectivity index (χ4n) is 4.84. The number of carboxylic acid groups (broad SMARTS) is 1. The molecule has 0 bridgehead atoms. The van der Waals surface area contributed by atoms with Crippen molar-refractivity contribution in [3.63, 3.8) is 0 Å². The average Bonchev–Trinajstić information content (AvgIpc) is 3.34. The van der Waals surface area contributed by atoms with Crippen LogP contribution in [0.5, 0.6) is 0 Å². The summed E-state index contributed by atoms with van der Waals surface area (Å²) in [7, 11) is 0. The van der Waals surface area contributed by atoms with Crippen LogP contribution in [0.25, 0.3) is 0 Å². The van der Waals surface area contributed by atoms with Gasteiger partial charge < -0.3 is 30.1 Å². The molecule has 4 N–H and O–H groups in total. The normalized spacial score (nSPS) is 24.5. The van der Waals surface area contributed by atoms with Gasteiger partial charge in [0.25, 0.3) is 0 Å². The van der Waals surface area contributed by atoms with Crippen LogP contribution in [0.2, 0.25) is 0 Å². The molecule has 1 amide bonds. The molecule has 2 heterocycles. The zero-order valence-electron chi connectivity index (χ0n) is 20.2. The molecule has 2 aliphatic rings. The van der Waals surface area contributed by atoms with Crippen molar-refractivity contribution in [1.29, 1.82) is 0 Å². The largest absolute Gasteiger partial charge is 0.481 e. The Morgan fingerprint density at radius 1 is 1.03 bits per heavy atom. The van der Waals surface area contributed by atoms with E-state index in [2.05, 4.69) is 10.2 Å². The molecular weight excluding hydrogens is 464 g/mol. The highest BCUT2D eigenvalue weighted by Crippen LogP contribution is 2.39. The van der Waals surface area contributed by atoms with Crippen LogP contribution < -0.4 is 5.32 Å². The van der Waals surface area contributed by atoms with Gasteiger partial charge in [-0.1, -0.05) is 36.4 Å². The molecule has 2 fully saturated rings. The Bertz CT molecular complexity index is 1030. The van der Waals surface area contributed by atoms with E-state index in [-0.39, 0.29) is 50.2 Å².